The van der Waals surface area contributed by atoms with E-state index in [2.05, 4.69) is 10.9 Å². The standard InChI is InChI=1S/C20H26N2O7/c1-19(2)26-13-14(27-19)16-18(29-20(3,4)28-16)25-15(13)17(24)22-21-12(23)10-11-8-6-5-7-9-11/h5-9,13-16,18H,10H2,1-4H3,(H,21,23)(H,22,24)/t13-,14+,15-,16-,18+/m1/s1. The predicted molar refractivity (Wildman–Crippen MR) is 99.0 cm³/mol. The zero-order chi connectivity index (χ0) is 20.8. The Hall–Kier alpha value is -2.04. The minimum Gasteiger partial charge on any atom is -0.342 e. The molecule has 4 rings (SSSR count). The number of nitrogens with one attached hydrogen (secondary N) is 2. The number of hydrogen-bond donors (Lipinski definition) is 2. The first-order valence-electron chi connectivity index (χ1n) is 9.63. The van der Waals surface area contributed by atoms with Gasteiger partial charge in [-0.05, 0) is 33.3 Å². The van der Waals surface area contributed by atoms with Crippen molar-refractivity contribution in [3.05, 3.63) is 35.9 Å². The molecule has 0 aliphatic carbocycles. The maximum Gasteiger partial charge on any atom is 0.270 e. The van der Waals surface area contributed by atoms with E-state index in [1.165, 1.54) is 0 Å². The molecule has 0 bridgehead atoms. The Kier molecular flexibility index (Phi) is 5.12. The van der Waals surface area contributed by atoms with Crippen LogP contribution in [0.25, 0.3) is 0 Å². The lowest BCUT2D eigenvalue weighted by Crippen LogP contribution is -2.61. The highest BCUT2D eigenvalue weighted by atomic mass is 16.9. The summed E-state index contributed by atoms with van der Waals surface area (Å²) >= 11 is 0. The quantitative estimate of drug-likeness (QED) is 0.715. The molecule has 0 saturated carbocycles. The molecule has 0 unspecified atom stereocenters. The summed E-state index contributed by atoms with van der Waals surface area (Å²) in [5.74, 6) is -2.67. The SMILES string of the molecule is CC1(C)O[C@H]2[C@@H](O1)[C@H](C(=O)NNC(=O)Cc1ccccc1)O[C@H]1OC(C)(C)O[C@@H]12. The van der Waals surface area contributed by atoms with Crippen molar-refractivity contribution in [3.63, 3.8) is 0 Å². The second kappa shape index (κ2) is 7.33. The molecule has 3 heterocycles. The van der Waals surface area contributed by atoms with Crippen LogP contribution in [0.2, 0.25) is 0 Å². The van der Waals surface area contributed by atoms with Gasteiger partial charge in [-0.2, -0.15) is 0 Å². The molecule has 2 N–H and O–H groups in total. The van der Waals surface area contributed by atoms with Crippen molar-refractivity contribution < 1.29 is 33.3 Å². The van der Waals surface area contributed by atoms with Gasteiger partial charge in [0.25, 0.3) is 5.91 Å². The maximum atomic E-state index is 12.8. The van der Waals surface area contributed by atoms with E-state index >= 15 is 0 Å². The van der Waals surface area contributed by atoms with Crippen LogP contribution in [0, 0.1) is 0 Å². The lowest BCUT2D eigenvalue weighted by Gasteiger charge is -2.36. The minimum absolute atomic E-state index is 0.140. The smallest absolute Gasteiger partial charge is 0.270 e. The number of fused-ring (bicyclic) bond motifs is 3. The fourth-order valence-electron chi connectivity index (χ4n) is 3.85. The Balaban J connectivity index is 1.41. The Morgan fingerprint density at radius 3 is 2.21 bits per heavy atom. The number of carbonyl (C=O) groups excluding carboxylic acids is 2. The van der Waals surface area contributed by atoms with Crippen molar-refractivity contribution in [2.75, 3.05) is 0 Å². The summed E-state index contributed by atoms with van der Waals surface area (Å²) in [5, 5.41) is 0. The molecule has 29 heavy (non-hydrogen) atoms. The van der Waals surface area contributed by atoms with Crippen molar-refractivity contribution in [1.29, 1.82) is 0 Å². The van der Waals surface area contributed by atoms with Crippen molar-refractivity contribution in [1.82, 2.24) is 10.9 Å². The van der Waals surface area contributed by atoms with Gasteiger partial charge in [-0.3, -0.25) is 20.4 Å². The number of benzene rings is 1. The molecule has 0 aromatic heterocycles. The molecule has 5 atom stereocenters. The van der Waals surface area contributed by atoms with Gasteiger partial charge in [0, 0.05) is 0 Å². The number of hydrazine groups is 1. The summed E-state index contributed by atoms with van der Waals surface area (Å²) < 4.78 is 29.4. The fourth-order valence-corrected chi connectivity index (χ4v) is 3.85. The van der Waals surface area contributed by atoms with Gasteiger partial charge in [0.1, 0.15) is 18.3 Å². The van der Waals surface area contributed by atoms with Crippen LogP contribution >= 0.6 is 0 Å². The van der Waals surface area contributed by atoms with E-state index in [9.17, 15) is 9.59 Å². The number of hydrogen-bond acceptors (Lipinski definition) is 7. The summed E-state index contributed by atoms with van der Waals surface area (Å²) in [7, 11) is 0. The Morgan fingerprint density at radius 1 is 0.862 bits per heavy atom. The van der Waals surface area contributed by atoms with Crippen LogP contribution in [0.4, 0.5) is 0 Å². The molecule has 9 heteroatoms. The van der Waals surface area contributed by atoms with Crippen LogP contribution in [0.5, 0.6) is 0 Å². The zero-order valence-corrected chi connectivity index (χ0v) is 16.8. The van der Waals surface area contributed by atoms with Crippen molar-refractivity contribution in [2.45, 2.75) is 76.4 Å². The second-order valence-electron chi connectivity index (χ2n) is 8.29. The Morgan fingerprint density at radius 2 is 1.48 bits per heavy atom. The van der Waals surface area contributed by atoms with E-state index in [1.807, 2.05) is 30.3 Å². The first-order valence-corrected chi connectivity index (χ1v) is 9.63. The van der Waals surface area contributed by atoms with Gasteiger partial charge in [0.05, 0.1) is 6.42 Å². The van der Waals surface area contributed by atoms with Crippen LogP contribution in [-0.2, 0) is 39.7 Å². The summed E-state index contributed by atoms with van der Waals surface area (Å²) in [6.45, 7) is 7.06. The zero-order valence-electron chi connectivity index (χ0n) is 16.8. The Labute approximate surface area is 168 Å². The highest BCUT2D eigenvalue weighted by Crippen LogP contribution is 2.44. The first-order chi connectivity index (χ1) is 13.6. The normalized spacial score (nSPS) is 34.1. The molecule has 3 aliphatic rings. The van der Waals surface area contributed by atoms with Crippen LogP contribution < -0.4 is 10.9 Å². The molecule has 1 aromatic rings. The highest BCUT2D eigenvalue weighted by molar-refractivity contribution is 5.86. The fraction of sp³-hybridized carbons (Fsp3) is 0.600. The molecule has 3 fully saturated rings. The van der Waals surface area contributed by atoms with Gasteiger partial charge in [-0.1, -0.05) is 30.3 Å². The summed E-state index contributed by atoms with van der Waals surface area (Å²) in [6.07, 6.45) is -3.43. The number of rotatable bonds is 3. The molecule has 0 radical (unpaired) electrons. The number of amides is 2. The summed E-state index contributed by atoms with van der Waals surface area (Å²) in [4.78, 5) is 24.9. The molecule has 3 aliphatic heterocycles. The average molecular weight is 406 g/mol. The largest absolute Gasteiger partial charge is 0.342 e. The topological polar surface area (TPSA) is 104 Å². The van der Waals surface area contributed by atoms with Crippen molar-refractivity contribution >= 4 is 11.8 Å². The number of ether oxygens (including phenoxy) is 5. The third-order valence-electron chi connectivity index (χ3n) is 4.95. The second-order valence-corrected chi connectivity index (χ2v) is 8.29. The monoisotopic (exact) mass is 406 g/mol. The third-order valence-corrected chi connectivity index (χ3v) is 4.95. The predicted octanol–water partition coefficient (Wildman–Crippen LogP) is 0.773. The molecule has 1 aromatic carbocycles. The van der Waals surface area contributed by atoms with Gasteiger partial charge >= 0.3 is 0 Å². The molecule has 2 amide bonds. The molecule has 9 nitrogen and oxygen atoms in total. The molecule has 3 saturated heterocycles. The lowest BCUT2D eigenvalue weighted by molar-refractivity contribution is -0.231. The van der Waals surface area contributed by atoms with Crippen LogP contribution in [0.1, 0.15) is 33.3 Å². The molecular formula is C20H26N2O7. The highest BCUT2D eigenvalue weighted by Gasteiger charge is 2.62. The maximum absolute atomic E-state index is 12.8. The van der Waals surface area contributed by atoms with E-state index in [1.54, 1.807) is 27.7 Å². The Bertz CT molecular complexity index is 782. The van der Waals surface area contributed by atoms with E-state index < -0.39 is 48.2 Å². The van der Waals surface area contributed by atoms with Gasteiger partial charge < -0.3 is 23.7 Å². The number of carbonyl (C=O) groups is 2. The first kappa shape index (κ1) is 20.2. The van der Waals surface area contributed by atoms with Crippen LogP contribution in [0.15, 0.2) is 30.3 Å². The van der Waals surface area contributed by atoms with Crippen molar-refractivity contribution in [2.24, 2.45) is 0 Å². The lowest BCUT2D eigenvalue weighted by atomic mass is 9.98. The van der Waals surface area contributed by atoms with Gasteiger partial charge in [-0.15, -0.1) is 0 Å². The minimum atomic E-state index is -1.03. The van der Waals surface area contributed by atoms with Crippen LogP contribution in [-0.4, -0.2) is 54.1 Å². The third kappa shape index (κ3) is 4.29. The van der Waals surface area contributed by atoms with E-state index in [4.69, 9.17) is 23.7 Å². The molecule has 0 spiro atoms. The van der Waals surface area contributed by atoms with E-state index in [0.717, 1.165) is 5.56 Å². The van der Waals surface area contributed by atoms with Gasteiger partial charge in [0.15, 0.2) is 24.0 Å². The van der Waals surface area contributed by atoms with Gasteiger partial charge in [0.2, 0.25) is 5.91 Å². The summed E-state index contributed by atoms with van der Waals surface area (Å²) in [6, 6.07) is 9.23. The molecule has 158 valence electrons. The summed E-state index contributed by atoms with van der Waals surface area (Å²) in [5.41, 5.74) is 5.67. The van der Waals surface area contributed by atoms with E-state index in [0.29, 0.717) is 0 Å². The van der Waals surface area contributed by atoms with Crippen LogP contribution in [0.3, 0.4) is 0 Å². The van der Waals surface area contributed by atoms with Crippen molar-refractivity contribution in [3.8, 4) is 0 Å². The molecular weight excluding hydrogens is 380 g/mol. The van der Waals surface area contributed by atoms with Gasteiger partial charge in [-0.25, -0.2) is 0 Å². The van der Waals surface area contributed by atoms with E-state index in [-0.39, 0.29) is 12.3 Å². The average Bonchev–Trinajstić information content (AvgIpc) is 3.13.